The molecule has 2 aromatic carbocycles. The molecule has 0 amide bonds. The van der Waals surface area contributed by atoms with Crippen molar-refractivity contribution >= 4 is 63.6 Å². The van der Waals surface area contributed by atoms with Gasteiger partial charge in [-0.15, -0.1) is 30.7 Å². The summed E-state index contributed by atoms with van der Waals surface area (Å²) in [6, 6.07) is 15.9. The van der Waals surface area contributed by atoms with Crippen LogP contribution in [0.5, 0.6) is 0 Å². The summed E-state index contributed by atoms with van der Waals surface area (Å²) in [5, 5.41) is 2.97. The molecule has 2 N–H and O–H groups in total. The number of benzene rings is 2. The van der Waals surface area contributed by atoms with Gasteiger partial charge in [0.25, 0.3) is 5.56 Å². The lowest BCUT2D eigenvalue weighted by molar-refractivity contribution is 0.496. The highest BCUT2D eigenvalue weighted by Crippen LogP contribution is 2.27. The molecule has 6 rings (SSSR count). The number of nitrogens with zero attached hydrogens (tertiary/aromatic N) is 6. The molecule has 3 aromatic heterocycles. The molecule has 208 valence electrons. The Morgan fingerprint density at radius 3 is 2.40 bits per heavy atom. The van der Waals surface area contributed by atoms with Crippen molar-refractivity contribution in [2.45, 2.75) is 38.9 Å². The molecule has 0 bridgehead atoms. The van der Waals surface area contributed by atoms with Gasteiger partial charge in [-0.2, -0.15) is 4.98 Å². The number of pyridine rings is 1. The Hall–Kier alpha value is -3.84. The Bertz CT molecular complexity index is 1900. The molecule has 0 spiro atoms. The van der Waals surface area contributed by atoms with Crippen molar-refractivity contribution in [3.05, 3.63) is 75.1 Å². The van der Waals surface area contributed by atoms with Crippen LogP contribution in [-0.2, 0) is 20.1 Å². The maximum absolute atomic E-state index is 14.0. The number of piperidine rings is 1. The van der Waals surface area contributed by atoms with Gasteiger partial charge in [0, 0.05) is 37.0 Å². The minimum atomic E-state index is -0.435. The zero-order valence-electron chi connectivity index (χ0n) is 22.3. The van der Waals surface area contributed by atoms with E-state index in [1.807, 2.05) is 53.1 Å². The maximum atomic E-state index is 14.0. The Balaban J connectivity index is 0.00000185. The standard InChI is InChI=1S/C29H29N7O2.2ClH/c1-3-4-16-35-25-26(32-28(35)34-15-9-10-19(30)17-34)33(2)29(38)36(27(25)37)18-24-22-13-6-5-11-20(22)21-12-7-8-14-23(21)31-24;;/h5-8,11-14,19H,9-10,15-18,30H2,1-2H3;2*1H. The third-order valence-corrected chi connectivity index (χ3v) is 7.36. The summed E-state index contributed by atoms with van der Waals surface area (Å²) >= 11 is 0. The zero-order valence-corrected chi connectivity index (χ0v) is 24.0. The summed E-state index contributed by atoms with van der Waals surface area (Å²) < 4.78 is 4.53. The molecule has 11 heteroatoms. The van der Waals surface area contributed by atoms with E-state index >= 15 is 0 Å². The van der Waals surface area contributed by atoms with Gasteiger partial charge in [-0.25, -0.2) is 4.79 Å². The number of aromatic nitrogens is 5. The number of rotatable bonds is 4. The van der Waals surface area contributed by atoms with Crippen LogP contribution in [0.3, 0.4) is 0 Å². The molecule has 1 unspecified atom stereocenters. The number of imidazole rings is 1. The second-order valence-corrected chi connectivity index (χ2v) is 9.80. The van der Waals surface area contributed by atoms with Gasteiger partial charge in [0.15, 0.2) is 11.2 Å². The van der Waals surface area contributed by atoms with Crippen LogP contribution in [0.25, 0.3) is 32.8 Å². The first-order chi connectivity index (χ1) is 18.5. The minimum Gasteiger partial charge on any atom is -0.341 e. The number of para-hydroxylation sites is 1. The number of aryl methyl sites for hydroxylation is 1. The summed E-state index contributed by atoms with van der Waals surface area (Å²) in [5.74, 6) is 6.62. The highest BCUT2D eigenvalue weighted by molar-refractivity contribution is 6.06. The largest absolute Gasteiger partial charge is 0.341 e. The molecule has 9 nitrogen and oxygen atoms in total. The molecule has 1 saturated heterocycles. The summed E-state index contributed by atoms with van der Waals surface area (Å²) in [7, 11) is 1.65. The smallest absolute Gasteiger partial charge is 0.332 e. The normalized spacial score (nSPS) is 15.0. The first-order valence-electron chi connectivity index (χ1n) is 12.8. The molecule has 0 aliphatic carbocycles. The van der Waals surface area contributed by atoms with E-state index in [9.17, 15) is 9.59 Å². The van der Waals surface area contributed by atoms with Crippen LogP contribution >= 0.6 is 24.8 Å². The van der Waals surface area contributed by atoms with Crippen LogP contribution in [0.2, 0.25) is 0 Å². The van der Waals surface area contributed by atoms with E-state index in [1.165, 1.54) is 9.13 Å². The van der Waals surface area contributed by atoms with Gasteiger partial charge in [-0.05, 0) is 31.2 Å². The SMILES string of the molecule is CC#CCn1c(N2CCCC(N)C2)nc2c1c(=O)n(Cc1nc3ccccc3c3ccccc13)c(=O)n2C.Cl.Cl. The Morgan fingerprint density at radius 1 is 0.975 bits per heavy atom. The number of hydrogen-bond donors (Lipinski definition) is 1. The predicted molar refractivity (Wildman–Crippen MR) is 165 cm³/mol. The van der Waals surface area contributed by atoms with Crippen molar-refractivity contribution in [3.63, 3.8) is 0 Å². The number of fused-ring (bicyclic) bond motifs is 4. The van der Waals surface area contributed by atoms with E-state index in [-0.39, 0.29) is 37.4 Å². The lowest BCUT2D eigenvalue weighted by Crippen LogP contribution is -2.44. The fourth-order valence-corrected chi connectivity index (χ4v) is 5.48. The molecule has 1 fully saturated rings. The molecule has 40 heavy (non-hydrogen) atoms. The van der Waals surface area contributed by atoms with Crippen molar-refractivity contribution < 1.29 is 0 Å². The van der Waals surface area contributed by atoms with Crippen molar-refractivity contribution in [2.24, 2.45) is 12.8 Å². The highest BCUT2D eigenvalue weighted by Gasteiger charge is 2.26. The van der Waals surface area contributed by atoms with Crippen molar-refractivity contribution in [2.75, 3.05) is 18.0 Å². The van der Waals surface area contributed by atoms with Crippen molar-refractivity contribution in [3.8, 4) is 11.8 Å². The first-order valence-corrected chi connectivity index (χ1v) is 12.8. The molecular weight excluding hydrogens is 549 g/mol. The van der Waals surface area contributed by atoms with E-state index in [1.54, 1.807) is 14.0 Å². The molecule has 1 aliphatic rings. The lowest BCUT2D eigenvalue weighted by atomic mass is 10.0. The molecule has 0 radical (unpaired) electrons. The predicted octanol–water partition coefficient (Wildman–Crippen LogP) is 3.44. The van der Waals surface area contributed by atoms with E-state index in [0.717, 1.165) is 41.1 Å². The fourth-order valence-electron chi connectivity index (χ4n) is 5.48. The molecule has 4 heterocycles. The number of hydrogen-bond acceptors (Lipinski definition) is 6. The Labute approximate surface area is 243 Å². The molecular formula is C29H31Cl2N7O2. The number of halogens is 2. The first kappa shape index (κ1) is 29.2. The molecule has 1 aliphatic heterocycles. The third kappa shape index (κ3) is 4.83. The summed E-state index contributed by atoms with van der Waals surface area (Å²) in [4.78, 5) is 39.3. The van der Waals surface area contributed by atoms with Gasteiger partial charge in [-0.1, -0.05) is 48.4 Å². The minimum absolute atomic E-state index is 0. The topological polar surface area (TPSA) is 104 Å². The third-order valence-electron chi connectivity index (χ3n) is 7.36. The number of anilines is 1. The monoisotopic (exact) mass is 579 g/mol. The second-order valence-electron chi connectivity index (χ2n) is 9.80. The Morgan fingerprint density at radius 2 is 1.68 bits per heavy atom. The molecule has 0 saturated carbocycles. The summed E-state index contributed by atoms with van der Waals surface area (Å²) in [5.41, 5.74) is 7.60. The Kier molecular flexibility index (Phi) is 8.54. The van der Waals surface area contributed by atoms with Gasteiger partial charge in [-0.3, -0.25) is 23.5 Å². The van der Waals surface area contributed by atoms with Crippen LogP contribution in [-0.4, -0.2) is 42.8 Å². The zero-order chi connectivity index (χ0) is 26.4. The van der Waals surface area contributed by atoms with Gasteiger partial charge < -0.3 is 10.6 Å². The van der Waals surface area contributed by atoms with E-state index in [2.05, 4.69) is 16.7 Å². The van der Waals surface area contributed by atoms with Crippen LogP contribution in [0, 0.1) is 11.8 Å². The van der Waals surface area contributed by atoms with Crippen molar-refractivity contribution in [1.29, 1.82) is 0 Å². The highest BCUT2D eigenvalue weighted by atomic mass is 35.5. The van der Waals surface area contributed by atoms with E-state index < -0.39 is 11.2 Å². The average Bonchev–Trinajstić information content (AvgIpc) is 3.33. The summed E-state index contributed by atoms with van der Waals surface area (Å²) in [6.45, 7) is 3.52. The van der Waals surface area contributed by atoms with Crippen LogP contribution in [0.1, 0.15) is 25.5 Å². The average molecular weight is 581 g/mol. The van der Waals surface area contributed by atoms with Gasteiger partial charge in [0.05, 0.1) is 24.3 Å². The maximum Gasteiger partial charge on any atom is 0.332 e. The lowest BCUT2D eigenvalue weighted by Gasteiger charge is -2.31. The van der Waals surface area contributed by atoms with Crippen molar-refractivity contribution in [1.82, 2.24) is 23.7 Å². The molecule has 5 aromatic rings. The van der Waals surface area contributed by atoms with Gasteiger partial charge in [0.2, 0.25) is 5.95 Å². The quantitative estimate of drug-likeness (QED) is 0.258. The van der Waals surface area contributed by atoms with Crippen LogP contribution in [0.4, 0.5) is 5.95 Å². The van der Waals surface area contributed by atoms with E-state index in [0.29, 0.717) is 35.9 Å². The molecule has 1 atom stereocenters. The van der Waals surface area contributed by atoms with Gasteiger partial charge >= 0.3 is 5.69 Å². The number of nitrogens with two attached hydrogens (primary N) is 1. The van der Waals surface area contributed by atoms with Crippen LogP contribution in [0.15, 0.2) is 58.1 Å². The second kappa shape index (κ2) is 11.7. The van der Waals surface area contributed by atoms with E-state index in [4.69, 9.17) is 15.7 Å². The van der Waals surface area contributed by atoms with Gasteiger partial charge in [0.1, 0.15) is 0 Å². The summed E-state index contributed by atoms with van der Waals surface area (Å²) in [6.07, 6.45) is 1.89. The fraction of sp³-hybridized carbons (Fsp3) is 0.310. The van der Waals surface area contributed by atoms with Crippen LogP contribution < -0.4 is 21.9 Å².